The smallest absolute Gasteiger partial charge is 0.286 e. The minimum Gasteiger partial charge on any atom is -0.493 e. The van der Waals surface area contributed by atoms with Gasteiger partial charge < -0.3 is 29.0 Å². The summed E-state index contributed by atoms with van der Waals surface area (Å²) in [5.41, 5.74) is 0.118. The fraction of sp³-hybridized carbons (Fsp3) is 0.381. The van der Waals surface area contributed by atoms with E-state index in [4.69, 9.17) is 23.7 Å². The number of amides is 1. The van der Waals surface area contributed by atoms with Gasteiger partial charge in [-0.05, 0) is 31.5 Å². The van der Waals surface area contributed by atoms with Crippen LogP contribution < -0.4 is 29.0 Å². The van der Waals surface area contributed by atoms with E-state index in [0.29, 0.717) is 29.4 Å². The third kappa shape index (κ3) is 5.08. The van der Waals surface area contributed by atoms with E-state index in [9.17, 15) is 14.9 Å². The van der Waals surface area contributed by atoms with Crippen LogP contribution in [0.2, 0.25) is 0 Å². The molecule has 0 aliphatic carbocycles. The average molecular weight is 434 g/mol. The molecule has 0 fully saturated rings. The summed E-state index contributed by atoms with van der Waals surface area (Å²) in [7, 11) is 5.83. The minimum atomic E-state index is -0.642. The van der Waals surface area contributed by atoms with Crippen molar-refractivity contribution in [3.63, 3.8) is 0 Å². The van der Waals surface area contributed by atoms with Crippen LogP contribution in [-0.4, -0.2) is 45.9 Å². The quantitative estimate of drug-likeness (QED) is 0.446. The number of nitrogens with one attached hydrogen (secondary N) is 1. The predicted octanol–water partition coefficient (Wildman–Crippen LogP) is 3.52. The number of carbonyl (C=O) groups excluding carboxylic acids is 1. The molecule has 0 radical (unpaired) electrons. The molecular formula is C21H26N2O8. The Labute approximate surface area is 180 Å². The van der Waals surface area contributed by atoms with Crippen molar-refractivity contribution in [3.8, 4) is 28.7 Å². The zero-order valence-electron chi connectivity index (χ0n) is 18.3. The Balaban J connectivity index is 2.42. The molecule has 0 aliphatic rings. The summed E-state index contributed by atoms with van der Waals surface area (Å²) in [6.45, 7) is 3.79. The molecule has 1 amide bonds. The molecule has 0 saturated heterocycles. The molecule has 10 nitrogen and oxygen atoms in total. The number of nitrogens with zero attached hydrogens (tertiary/aromatic N) is 1. The lowest BCUT2D eigenvalue weighted by molar-refractivity contribution is -0.385. The van der Waals surface area contributed by atoms with E-state index in [1.54, 1.807) is 26.0 Å². The van der Waals surface area contributed by atoms with Gasteiger partial charge in [-0.3, -0.25) is 14.9 Å². The zero-order chi connectivity index (χ0) is 23.1. The second-order valence-corrected chi connectivity index (χ2v) is 6.36. The normalized spacial score (nSPS) is 11.3. The average Bonchev–Trinajstić information content (AvgIpc) is 2.77. The molecule has 0 aliphatic heterocycles. The lowest BCUT2D eigenvalue weighted by atomic mass is 10.1. The predicted molar refractivity (Wildman–Crippen MR) is 113 cm³/mol. The summed E-state index contributed by atoms with van der Waals surface area (Å²) in [6.07, 6.45) is 0. The van der Waals surface area contributed by atoms with Gasteiger partial charge in [0.2, 0.25) is 5.75 Å². The highest BCUT2D eigenvalue weighted by Gasteiger charge is 2.26. The Morgan fingerprint density at radius 2 is 1.55 bits per heavy atom. The molecule has 10 heteroatoms. The maximum absolute atomic E-state index is 12.9. The monoisotopic (exact) mass is 434 g/mol. The molecule has 31 heavy (non-hydrogen) atoms. The van der Waals surface area contributed by atoms with Gasteiger partial charge in [-0.15, -0.1) is 0 Å². The van der Waals surface area contributed by atoms with Crippen molar-refractivity contribution in [2.45, 2.75) is 19.9 Å². The lowest BCUT2D eigenvalue weighted by Crippen LogP contribution is -2.27. The Morgan fingerprint density at radius 3 is 2.00 bits per heavy atom. The molecule has 2 aromatic carbocycles. The summed E-state index contributed by atoms with van der Waals surface area (Å²) in [6, 6.07) is 5.33. The lowest BCUT2D eigenvalue weighted by Gasteiger charge is -2.19. The summed E-state index contributed by atoms with van der Waals surface area (Å²) in [4.78, 5) is 23.8. The van der Waals surface area contributed by atoms with E-state index in [2.05, 4.69) is 5.32 Å². The van der Waals surface area contributed by atoms with E-state index < -0.39 is 22.6 Å². The zero-order valence-corrected chi connectivity index (χ0v) is 18.3. The van der Waals surface area contributed by atoms with Crippen LogP contribution in [0.1, 0.15) is 35.8 Å². The SMILES string of the molecule is CCOc1cc(C(=O)NC(C)c2cc(OC)c(OC)c(OC)c2)c([N+](=O)[O-])cc1OC. The van der Waals surface area contributed by atoms with Crippen LogP contribution in [-0.2, 0) is 0 Å². The topological polar surface area (TPSA) is 118 Å². The first-order chi connectivity index (χ1) is 14.8. The van der Waals surface area contributed by atoms with Gasteiger partial charge in [0.25, 0.3) is 11.6 Å². The van der Waals surface area contributed by atoms with Crippen LogP contribution in [0.5, 0.6) is 28.7 Å². The van der Waals surface area contributed by atoms with Crippen molar-refractivity contribution in [1.82, 2.24) is 5.32 Å². The van der Waals surface area contributed by atoms with Crippen molar-refractivity contribution in [2.24, 2.45) is 0 Å². The van der Waals surface area contributed by atoms with E-state index in [1.165, 1.54) is 40.6 Å². The molecule has 2 aromatic rings. The van der Waals surface area contributed by atoms with Crippen LogP contribution in [0.4, 0.5) is 5.69 Å². The van der Waals surface area contributed by atoms with E-state index in [0.717, 1.165) is 0 Å². The first kappa shape index (κ1) is 23.6. The van der Waals surface area contributed by atoms with Crippen LogP contribution in [0.3, 0.4) is 0 Å². The number of methoxy groups -OCH3 is 4. The van der Waals surface area contributed by atoms with Crippen molar-refractivity contribution in [1.29, 1.82) is 0 Å². The van der Waals surface area contributed by atoms with Gasteiger partial charge in [0.1, 0.15) is 5.56 Å². The van der Waals surface area contributed by atoms with Crippen molar-refractivity contribution in [2.75, 3.05) is 35.0 Å². The molecule has 0 saturated carbocycles. The van der Waals surface area contributed by atoms with Gasteiger partial charge in [-0.25, -0.2) is 0 Å². The number of carbonyl (C=O) groups is 1. The van der Waals surface area contributed by atoms with Gasteiger partial charge >= 0.3 is 0 Å². The van der Waals surface area contributed by atoms with Crippen molar-refractivity contribution in [3.05, 3.63) is 45.5 Å². The Bertz CT molecular complexity index is 936. The summed E-state index contributed by atoms with van der Waals surface area (Å²) in [5, 5.41) is 14.3. The number of hydrogen-bond acceptors (Lipinski definition) is 8. The first-order valence-corrected chi connectivity index (χ1v) is 9.41. The molecule has 0 aromatic heterocycles. The van der Waals surface area contributed by atoms with E-state index >= 15 is 0 Å². The summed E-state index contributed by atoms with van der Waals surface area (Å²) >= 11 is 0. The third-order valence-corrected chi connectivity index (χ3v) is 4.56. The Kier molecular flexibility index (Phi) is 7.89. The molecule has 2 rings (SSSR count). The Morgan fingerprint density at radius 1 is 0.968 bits per heavy atom. The molecule has 168 valence electrons. The fourth-order valence-electron chi connectivity index (χ4n) is 3.02. The minimum absolute atomic E-state index is 0.145. The van der Waals surface area contributed by atoms with Crippen LogP contribution >= 0.6 is 0 Å². The summed E-state index contributed by atoms with van der Waals surface area (Å²) < 4.78 is 26.6. The highest BCUT2D eigenvalue weighted by atomic mass is 16.6. The van der Waals surface area contributed by atoms with Crippen molar-refractivity contribution >= 4 is 11.6 Å². The van der Waals surface area contributed by atoms with E-state index in [1.807, 2.05) is 0 Å². The number of hydrogen-bond donors (Lipinski definition) is 1. The van der Waals surface area contributed by atoms with Gasteiger partial charge in [0, 0.05) is 6.07 Å². The van der Waals surface area contributed by atoms with Gasteiger partial charge in [-0.2, -0.15) is 0 Å². The highest BCUT2D eigenvalue weighted by molar-refractivity contribution is 5.99. The molecule has 0 heterocycles. The molecule has 1 atom stereocenters. The third-order valence-electron chi connectivity index (χ3n) is 4.56. The fourth-order valence-corrected chi connectivity index (χ4v) is 3.02. The van der Waals surface area contributed by atoms with Crippen LogP contribution in [0.15, 0.2) is 24.3 Å². The maximum Gasteiger partial charge on any atom is 0.286 e. The first-order valence-electron chi connectivity index (χ1n) is 9.41. The number of benzene rings is 2. The van der Waals surface area contributed by atoms with E-state index in [-0.39, 0.29) is 17.1 Å². The van der Waals surface area contributed by atoms with Gasteiger partial charge in [0.15, 0.2) is 23.0 Å². The Hall–Kier alpha value is -3.69. The number of rotatable bonds is 10. The number of ether oxygens (including phenoxy) is 5. The summed E-state index contributed by atoms with van der Waals surface area (Å²) in [5.74, 6) is 1.03. The number of nitro benzene ring substituents is 1. The second-order valence-electron chi connectivity index (χ2n) is 6.36. The molecular weight excluding hydrogens is 408 g/mol. The molecule has 1 N–H and O–H groups in total. The molecule has 1 unspecified atom stereocenters. The standard InChI is InChI=1S/C21H26N2O8/c1-7-31-17-10-14(15(23(25)26)11-16(17)27-3)21(24)22-12(2)13-8-18(28-4)20(30-6)19(9-13)29-5/h8-12H,7H2,1-6H3,(H,22,24). The highest BCUT2D eigenvalue weighted by Crippen LogP contribution is 2.40. The maximum atomic E-state index is 12.9. The molecule has 0 spiro atoms. The number of nitro groups is 1. The van der Waals surface area contributed by atoms with Crippen LogP contribution in [0.25, 0.3) is 0 Å². The van der Waals surface area contributed by atoms with Gasteiger partial charge in [-0.1, -0.05) is 0 Å². The van der Waals surface area contributed by atoms with Gasteiger partial charge in [0.05, 0.1) is 52.1 Å². The second kappa shape index (κ2) is 10.4. The largest absolute Gasteiger partial charge is 0.493 e. The molecule has 0 bridgehead atoms. The van der Waals surface area contributed by atoms with Crippen LogP contribution in [0, 0.1) is 10.1 Å². The van der Waals surface area contributed by atoms with Crippen molar-refractivity contribution < 1.29 is 33.4 Å².